The molecule has 8 heteroatoms. The molecule has 0 spiro atoms. The number of carbonyl (C=O) groups excluding carboxylic acids is 1. The van der Waals surface area contributed by atoms with E-state index >= 15 is 0 Å². The fraction of sp³-hybridized carbons (Fsp3) is 0.300. The van der Waals surface area contributed by atoms with Crippen LogP contribution in [0.5, 0.6) is 0 Å². The van der Waals surface area contributed by atoms with E-state index in [2.05, 4.69) is 30.2 Å². The molecule has 2 aromatic heterocycles. The van der Waals surface area contributed by atoms with Crippen LogP contribution in [0.15, 0.2) is 53.3 Å². The Morgan fingerprint density at radius 2 is 1.79 bits per heavy atom. The molecule has 0 bridgehead atoms. The molecule has 0 saturated carbocycles. The monoisotopic (exact) mass is 378 g/mol. The van der Waals surface area contributed by atoms with Gasteiger partial charge in [0.25, 0.3) is 0 Å². The fourth-order valence-corrected chi connectivity index (χ4v) is 3.33. The Morgan fingerprint density at radius 1 is 1.07 bits per heavy atom. The first kappa shape index (κ1) is 18.1. The number of rotatable bonds is 5. The van der Waals surface area contributed by atoms with Crippen LogP contribution in [0.2, 0.25) is 0 Å². The smallest absolute Gasteiger partial charge is 0.240 e. The first-order valence-electron chi connectivity index (χ1n) is 9.26. The first-order chi connectivity index (χ1) is 13.7. The van der Waals surface area contributed by atoms with E-state index in [1.807, 2.05) is 37.3 Å². The maximum Gasteiger partial charge on any atom is 0.240 e. The van der Waals surface area contributed by atoms with Crippen molar-refractivity contribution in [2.45, 2.75) is 6.92 Å². The van der Waals surface area contributed by atoms with Gasteiger partial charge in [-0.2, -0.15) is 0 Å². The fourth-order valence-electron chi connectivity index (χ4n) is 3.33. The zero-order valence-electron chi connectivity index (χ0n) is 15.7. The number of hydrogen-bond acceptors (Lipinski definition) is 7. The van der Waals surface area contributed by atoms with Gasteiger partial charge in [0.1, 0.15) is 0 Å². The molecule has 1 saturated heterocycles. The summed E-state index contributed by atoms with van der Waals surface area (Å²) in [6, 6.07) is 11.6. The second-order valence-electron chi connectivity index (χ2n) is 6.70. The number of hydrogen-bond donors (Lipinski definition) is 1. The molecule has 0 radical (unpaired) electrons. The Bertz CT molecular complexity index is 920. The summed E-state index contributed by atoms with van der Waals surface area (Å²) in [4.78, 5) is 25.3. The normalized spacial score (nSPS) is 14.8. The third kappa shape index (κ3) is 4.01. The predicted octanol–water partition coefficient (Wildman–Crippen LogP) is 2.20. The minimum Gasteiger partial charge on any atom is -0.338 e. The number of anilines is 2. The van der Waals surface area contributed by atoms with E-state index < -0.39 is 0 Å². The summed E-state index contributed by atoms with van der Waals surface area (Å²) in [6.07, 6.45) is 3.48. The molecular weight excluding hydrogens is 356 g/mol. The third-order valence-electron chi connectivity index (χ3n) is 4.75. The third-order valence-corrected chi connectivity index (χ3v) is 4.75. The van der Waals surface area contributed by atoms with Crippen molar-refractivity contribution in [2.75, 3.05) is 42.9 Å². The number of piperazine rings is 1. The molecular formula is C20H22N6O2. The van der Waals surface area contributed by atoms with Crippen LogP contribution in [0, 0.1) is 6.92 Å². The van der Waals surface area contributed by atoms with Crippen molar-refractivity contribution >= 4 is 17.7 Å². The number of benzene rings is 1. The van der Waals surface area contributed by atoms with Gasteiger partial charge in [0, 0.05) is 38.6 Å². The van der Waals surface area contributed by atoms with Crippen LogP contribution in [0.1, 0.15) is 5.69 Å². The summed E-state index contributed by atoms with van der Waals surface area (Å²) >= 11 is 0. The molecule has 8 nitrogen and oxygen atoms in total. The van der Waals surface area contributed by atoms with Crippen LogP contribution in [-0.4, -0.2) is 58.7 Å². The maximum atomic E-state index is 12.5. The summed E-state index contributed by atoms with van der Waals surface area (Å²) in [5.41, 5.74) is 2.53. The Morgan fingerprint density at radius 3 is 2.50 bits per heavy atom. The highest BCUT2D eigenvalue weighted by molar-refractivity contribution is 5.95. The van der Waals surface area contributed by atoms with Gasteiger partial charge in [0.15, 0.2) is 0 Å². The molecule has 144 valence electrons. The van der Waals surface area contributed by atoms with Gasteiger partial charge in [-0.15, -0.1) is 0 Å². The van der Waals surface area contributed by atoms with Crippen molar-refractivity contribution in [3.05, 3.63) is 54.5 Å². The number of nitrogens with zero attached hydrogens (tertiary/aromatic N) is 5. The van der Waals surface area contributed by atoms with E-state index in [1.54, 1.807) is 18.5 Å². The Kier molecular flexibility index (Phi) is 5.29. The first-order valence-corrected chi connectivity index (χ1v) is 9.26. The Labute approximate surface area is 163 Å². The second-order valence-corrected chi connectivity index (χ2v) is 6.70. The Balaban J connectivity index is 1.35. The molecule has 1 aliphatic heterocycles. The lowest BCUT2D eigenvalue weighted by Gasteiger charge is -2.34. The van der Waals surface area contributed by atoms with E-state index in [1.165, 1.54) is 0 Å². The lowest BCUT2D eigenvalue weighted by Crippen LogP contribution is -2.49. The molecule has 28 heavy (non-hydrogen) atoms. The van der Waals surface area contributed by atoms with E-state index in [-0.39, 0.29) is 5.91 Å². The van der Waals surface area contributed by atoms with Crippen molar-refractivity contribution in [1.29, 1.82) is 0 Å². The quantitative estimate of drug-likeness (QED) is 0.728. The number of aryl methyl sites for hydroxylation is 1. The van der Waals surface area contributed by atoms with Crippen LogP contribution < -0.4 is 10.2 Å². The summed E-state index contributed by atoms with van der Waals surface area (Å²) in [6.45, 7) is 5.28. The molecule has 0 atom stereocenters. The zero-order chi connectivity index (χ0) is 19.3. The van der Waals surface area contributed by atoms with Crippen molar-refractivity contribution in [3.8, 4) is 11.1 Å². The summed E-state index contributed by atoms with van der Waals surface area (Å²) < 4.78 is 5.36. The summed E-state index contributed by atoms with van der Waals surface area (Å²) in [5.74, 6) is 1.01. The molecule has 3 aromatic rings. The average Bonchev–Trinajstić information content (AvgIpc) is 3.09. The van der Waals surface area contributed by atoms with Gasteiger partial charge >= 0.3 is 0 Å². The van der Waals surface area contributed by atoms with Crippen molar-refractivity contribution in [2.24, 2.45) is 0 Å². The number of nitrogens with one attached hydrogen (secondary N) is 1. The lowest BCUT2D eigenvalue weighted by atomic mass is 10.1. The molecule has 1 amide bonds. The standard InChI is InChI=1S/C20H22N6O2/c1-15-18(16-6-3-2-4-7-16)19(28-24-15)23-17(27)14-25-10-12-26(13-11-25)20-21-8-5-9-22-20/h2-9H,10-14H2,1H3,(H,23,27). The SMILES string of the molecule is Cc1noc(NC(=O)CN2CCN(c3ncccn3)CC2)c1-c1ccccc1. The molecule has 1 fully saturated rings. The molecule has 4 rings (SSSR count). The van der Waals surface area contributed by atoms with E-state index in [0.29, 0.717) is 12.4 Å². The van der Waals surface area contributed by atoms with Gasteiger partial charge in [0.05, 0.1) is 17.8 Å². The van der Waals surface area contributed by atoms with Crippen LogP contribution in [0.3, 0.4) is 0 Å². The van der Waals surface area contributed by atoms with E-state index in [9.17, 15) is 4.79 Å². The van der Waals surface area contributed by atoms with Gasteiger partial charge < -0.3 is 9.42 Å². The summed E-state index contributed by atoms with van der Waals surface area (Å²) in [5, 5.41) is 6.88. The molecule has 3 heterocycles. The molecule has 1 aromatic carbocycles. The van der Waals surface area contributed by atoms with Gasteiger partial charge in [-0.25, -0.2) is 9.97 Å². The minimum atomic E-state index is -0.113. The van der Waals surface area contributed by atoms with Crippen molar-refractivity contribution < 1.29 is 9.32 Å². The summed E-state index contributed by atoms with van der Waals surface area (Å²) in [7, 11) is 0. The number of amides is 1. The lowest BCUT2D eigenvalue weighted by molar-refractivity contribution is -0.117. The Hall–Kier alpha value is -3.26. The van der Waals surface area contributed by atoms with Crippen molar-refractivity contribution in [1.82, 2.24) is 20.0 Å². The van der Waals surface area contributed by atoms with Crippen LogP contribution in [-0.2, 0) is 4.79 Å². The zero-order valence-corrected chi connectivity index (χ0v) is 15.7. The highest BCUT2D eigenvalue weighted by atomic mass is 16.5. The average molecular weight is 378 g/mol. The van der Waals surface area contributed by atoms with Gasteiger partial charge in [0.2, 0.25) is 17.7 Å². The van der Waals surface area contributed by atoms with Gasteiger partial charge in [-0.3, -0.25) is 15.0 Å². The van der Waals surface area contributed by atoms with Crippen LogP contribution in [0.4, 0.5) is 11.8 Å². The number of aromatic nitrogens is 3. The largest absolute Gasteiger partial charge is 0.338 e. The molecule has 0 aliphatic carbocycles. The maximum absolute atomic E-state index is 12.5. The van der Waals surface area contributed by atoms with Crippen LogP contribution >= 0.6 is 0 Å². The topological polar surface area (TPSA) is 87.4 Å². The van der Waals surface area contributed by atoms with Crippen LogP contribution in [0.25, 0.3) is 11.1 Å². The minimum absolute atomic E-state index is 0.113. The van der Waals surface area contributed by atoms with Crippen molar-refractivity contribution in [3.63, 3.8) is 0 Å². The highest BCUT2D eigenvalue weighted by Gasteiger charge is 2.22. The van der Waals surface area contributed by atoms with Gasteiger partial charge in [-0.1, -0.05) is 35.5 Å². The van der Waals surface area contributed by atoms with Gasteiger partial charge in [-0.05, 0) is 18.6 Å². The number of carbonyl (C=O) groups is 1. The van der Waals surface area contributed by atoms with E-state index in [4.69, 9.17) is 4.52 Å². The molecule has 0 unspecified atom stereocenters. The van der Waals surface area contributed by atoms with E-state index in [0.717, 1.165) is 48.9 Å². The predicted molar refractivity (Wildman–Crippen MR) is 106 cm³/mol. The highest BCUT2D eigenvalue weighted by Crippen LogP contribution is 2.31. The molecule has 1 N–H and O–H groups in total. The molecule has 1 aliphatic rings. The second kappa shape index (κ2) is 8.18.